The monoisotopic (exact) mass is 103 g/mol. The highest BCUT2D eigenvalue weighted by atomic mass is 31.0. The molecule has 1 N–H and O–H groups in total. The molecule has 0 saturated carbocycles. The standard InChI is InChI=1S/C4H10NP/c1-4(6)3-5-2/h5H,1-2,6H3. The highest BCUT2D eigenvalue weighted by Gasteiger charge is 1.75. The van der Waals surface area contributed by atoms with Crippen LogP contribution in [0.5, 0.6) is 0 Å². The molecule has 0 bridgehead atoms. The minimum Gasteiger partial charge on any atom is -0.341 e. The molecule has 1 nitrogen and oxygen atoms in total. The second-order valence-corrected chi connectivity index (χ2v) is 2.22. The van der Waals surface area contributed by atoms with Gasteiger partial charge in [0.15, 0.2) is 0 Å². The van der Waals surface area contributed by atoms with E-state index in [1.165, 1.54) is 5.66 Å². The van der Waals surface area contributed by atoms with E-state index in [4.69, 9.17) is 0 Å². The largest absolute Gasteiger partial charge is 0.341 e. The lowest BCUT2D eigenvalue weighted by atomic mass is 10.5. The van der Waals surface area contributed by atoms with Gasteiger partial charge in [0.2, 0.25) is 0 Å². The van der Waals surface area contributed by atoms with E-state index in [1.54, 1.807) is 0 Å². The maximum atomic E-state index is 2.89. The molecule has 1 unspecified atom stereocenters. The van der Waals surface area contributed by atoms with E-state index in [-0.39, 0.29) is 0 Å². The molecule has 1 atom stereocenters. The average molecular weight is 103 g/mol. The van der Waals surface area contributed by atoms with Crippen molar-refractivity contribution in [1.82, 2.24) is 5.32 Å². The smallest absolute Gasteiger partial charge is 0.0186 e. The molecule has 6 heavy (non-hydrogen) atoms. The van der Waals surface area contributed by atoms with E-state index >= 15 is 0 Å². The fraction of sp³-hybridized carbons (Fsp3) is 0.500. The molecule has 0 amide bonds. The first-order valence-electron chi connectivity index (χ1n) is 1.85. The Hall–Kier alpha value is 0.390. The van der Waals surface area contributed by atoms with Crippen LogP contribution in [0.15, 0.2) is 0 Å². The molecular formula is C4H10NP. The molecule has 0 aliphatic heterocycles. The Labute approximate surface area is 41.7 Å². The summed E-state index contributed by atoms with van der Waals surface area (Å²) in [5.74, 6) is 0. The molecule has 0 aromatic heterocycles. The highest BCUT2D eigenvalue weighted by molar-refractivity contribution is 7.21. The third-order valence-electron chi connectivity index (χ3n) is 0.338. The van der Waals surface area contributed by atoms with E-state index in [0.717, 1.165) is 0 Å². The summed E-state index contributed by atoms with van der Waals surface area (Å²) in [5.41, 5.74) is 1.21. The summed E-state index contributed by atoms with van der Waals surface area (Å²) in [7, 11) is 3.67. The van der Waals surface area contributed by atoms with Gasteiger partial charge in [-0.25, -0.2) is 0 Å². The van der Waals surface area contributed by atoms with Gasteiger partial charge < -0.3 is 5.32 Å². The minimum absolute atomic E-state index is 1.21. The van der Waals surface area contributed by atoms with E-state index in [2.05, 4.69) is 11.9 Å². The molecule has 0 spiro atoms. The third kappa shape index (κ3) is 4.39. The number of hydrogen-bond donors (Lipinski definition) is 1. The highest BCUT2D eigenvalue weighted by Crippen LogP contribution is 2.07. The van der Waals surface area contributed by atoms with Gasteiger partial charge in [-0.2, -0.15) is 16.2 Å². The first-order chi connectivity index (χ1) is 2.77. The molecule has 2 heteroatoms. The number of rotatable bonds is 2. The second kappa shape index (κ2) is 3.58. The Kier molecular flexibility index (Phi) is 3.81. The van der Waals surface area contributed by atoms with Crippen molar-refractivity contribution in [1.29, 1.82) is 0 Å². The first-order valence-corrected chi connectivity index (χ1v) is 2.56. The first kappa shape index (κ1) is 6.39. The SMILES string of the molecule is CN[C][C-](C)[PH3+]. The summed E-state index contributed by atoms with van der Waals surface area (Å²) in [5, 5.41) is 2.79. The van der Waals surface area contributed by atoms with Crippen LogP contribution in [-0.4, -0.2) is 7.05 Å². The Morgan fingerprint density at radius 1 is 1.83 bits per heavy atom. The number of nitrogens with one attached hydrogen (secondary N) is 1. The van der Waals surface area contributed by atoms with E-state index in [0.29, 0.717) is 0 Å². The van der Waals surface area contributed by atoms with Crippen molar-refractivity contribution in [2.75, 3.05) is 7.05 Å². The molecule has 2 radical (unpaired) electrons. The van der Waals surface area contributed by atoms with Crippen molar-refractivity contribution in [3.63, 3.8) is 0 Å². The normalized spacial score (nSPS) is 10.5. The lowest BCUT2D eigenvalue weighted by molar-refractivity contribution is 0.976. The van der Waals surface area contributed by atoms with Crippen LogP contribution >= 0.6 is 9.24 Å². The molecule has 0 aliphatic carbocycles. The van der Waals surface area contributed by atoms with Gasteiger partial charge in [-0.05, 0) is 7.05 Å². The van der Waals surface area contributed by atoms with Crippen LogP contribution in [0.4, 0.5) is 0 Å². The van der Waals surface area contributed by atoms with Crippen molar-refractivity contribution < 1.29 is 0 Å². The van der Waals surface area contributed by atoms with Gasteiger partial charge in [0.25, 0.3) is 0 Å². The summed E-state index contributed by atoms with van der Waals surface area (Å²) < 4.78 is 0. The zero-order valence-electron chi connectivity index (χ0n) is 4.21. The summed E-state index contributed by atoms with van der Waals surface area (Å²) in [6.07, 6.45) is 0. The van der Waals surface area contributed by atoms with Crippen LogP contribution < -0.4 is 5.32 Å². The third-order valence-corrected chi connectivity index (χ3v) is 0.515. The lowest BCUT2D eigenvalue weighted by Crippen LogP contribution is -2.02. The number of hydrogen-bond acceptors (Lipinski definition) is 1. The molecule has 0 rings (SSSR count). The Morgan fingerprint density at radius 3 is 2.33 bits per heavy atom. The van der Waals surface area contributed by atoms with E-state index in [1.807, 2.05) is 23.2 Å². The molecule has 0 aromatic rings. The fourth-order valence-corrected chi connectivity index (χ4v) is 0.390. The second-order valence-electron chi connectivity index (χ2n) is 1.16. The predicted molar refractivity (Wildman–Crippen MR) is 32.3 cm³/mol. The van der Waals surface area contributed by atoms with Gasteiger partial charge >= 0.3 is 0 Å². The van der Waals surface area contributed by atoms with Gasteiger partial charge in [-0.1, -0.05) is 6.54 Å². The van der Waals surface area contributed by atoms with Gasteiger partial charge in [0.05, 0.1) is 0 Å². The van der Waals surface area contributed by atoms with Crippen molar-refractivity contribution in [3.05, 3.63) is 12.2 Å². The summed E-state index contributed by atoms with van der Waals surface area (Å²) in [4.78, 5) is 0. The van der Waals surface area contributed by atoms with Crippen LogP contribution in [0, 0.1) is 12.2 Å². The zero-order valence-corrected chi connectivity index (χ0v) is 5.62. The molecule has 0 aliphatic rings. The van der Waals surface area contributed by atoms with Gasteiger partial charge in [0, 0.05) is 0 Å². The summed E-state index contributed by atoms with van der Waals surface area (Å²) in [6, 6.07) is 0. The molecular weight excluding hydrogens is 93.0 g/mol. The quantitative estimate of drug-likeness (QED) is 0.303. The Morgan fingerprint density at radius 2 is 2.33 bits per heavy atom. The van der Waals surface area contributed by atoms with Crippen molar-refractivity contribution in [3.8, 4) is 0 Å². The van der Waals surface area contributed by atoms with Gasteiger partial charge in [0.1, 0.15) is 0 Å². The summed E-state index contributed by atoms with van der Waals surface area (Å²) >= 11 is 0. The minimum atomic E-state index is 1.21. The van der Waals surface area contributed by atoms with Gasteiger partial charge in [-0.15, -0.1) is 5.66 Å². The zero-order chi connectivity index (χ0) is 4.99. The Balaban J connectivity index is 2.63. The van der Waals surface area contributed by atoms with Crippen molar-refractivity contribution in [2.24, 2.45) is 0 Å². The predicted octanol–water partition coefficient (Wildman–Crippen LogP) is 0.404. The van der Waals surface area contributed by atoms with Crippen LogP contribution in [0.25, 0.3) is 0 Å². The topological polar surface area (TPSA) is 12.0 Å². The van der Waals surface area contributed by atoms with Gasteiger partial charge in [-0.3, -0.25) is 0 Å². The lowest BCUT2D eigenvalue weighted by Gasteiger charge is -2.06. The van der Waals surface area contributed by atoms with Crippen LogP contribution in [0.3, 0.4) is 0 Å². The summed E-state index contributed by atoms with van der Waals surface area (Å²) in [6.45, 7) is 4.90. The van der Waals surface area contributed by atoms with Crippen LogP contribution in [-0.2, 0) is 0 Å². The van der Waals surface area contributed by atoms with E-state index < -0.39 is 0 Å². The fourth-order valence-electron chi connectivity index (χ4n) is 0.213. The van der Waals surface area contributed by atoms with Crippen LogP contribution in [0.2, 0.25) is 0 Å². The van der Waals surface area contributed by atoms with Crippen LogP contribution in [0.1, 0.15) is 6.92 Å². The van der Waals surface area contributed by atoms with Crippen molar-refractivity contribution in [2.45, 2.75) is 6.92 Å². The molecule has 0 aromatic carbocycles. The Bertz CT molecular complexity index is 28.7. The molecule has 0 saturated heterocycles. The van der Waals surface area contributed by atoms with E-state index in [9.17, 15) is 0 Å². The van der Waals surface area contributed by atoms with Crippen molar-refractivity contribution >= 4 is 9.24 Å². The molecule has 0 heterocycles. The maximum absolute atomic E-state index is 2.89. The maximum Gasteiger partial charge on any atom is -0.0186 e. The average Bonchev–Trinajstić information content (AvgIpc) is 1.35. The molecule has 0 fully saturated rings. The molecule has 36 valence electrons.